The Kier molecular flexibility index (Phi) is 5.40. The van der Waals surface area contributed by atoms with Gasteiger partial charge in [-0.25, -0.2) is 4.98 Å². The number of aromatic nitrogens is 1. The number of halogens is 1. The second-order valence-corrected chi connectivity index (χ2v) is 13.0. The van der Waals surface area contributed by atoms with E-state index in [1.807, 2.05) is 12.1 Å². The zero-order chi connectivity index (χ0) is 18.1. The molecule has 1 aliphatic rings. The average molecular weight is 369 g/mol. The largest absolute Gasteiger partial charge is 0.547 e. The molecular formula is C17H25ClN2O3Si. The summed E-state index contributed by atoms with van der Waals surface area (Å²) in [5, 5.41) is 11.9. The van der Waals surface area contributed by atoms with Crippen LogP contribution in [-0.4, -0.2) is 24.3 Å². The maximum Gasteiger partial charge on any atom is 0.250 e. The molecule has 1 heterocycles. The van der Waals surface area contributed by atoms with Crippen LogP contribution >= 0.6 is 11.6 Å². The van der Waals surface area contributed by atoms with Gasteiger partial charge in [0, 0.05) is 24.0 Å². The summed E-state index contributed by atoms with van der Waals surface area (Å²) in [7, 11) is -1.96. The Morgan fingerprint density at radius 1 is 1.38 bits per heavy atom. The molecule has 0 radical (unpaired) electrons. The van der Waals surface area contributed by atoms with Crippen LogP contribution in [0.4, 0.5) is 0 Å². The predicted molar refractivity (Wildman–Crippen MR) is 98.4 cm³/mol. The van der Waals surface area contributed by atoms with Crippen LogP contribution in [0.15, 0.2) is 30.2 Å². The number of hydrogen-bond donors (Lipinski definition) is 0. The minimum absolute atomic E-state index is 0.0884. The molecule has 0 saturated carbocycles. The van der Waals surface area contributed by atoms with Gasteiger partial charge in [0.2, 0.25) is 14.4 Å². The van der Waals surface area contributed by atoms with Crippen molar-refractivity contribution in [3.8, 4) is 0 Å². The summed E-state index contributed by atoms with van der Waals surface area (Å²) >= 11 is 5.84. The van der Waals surface area contributed by atoms with Crippen LogP contribution in [0.1, 0.15) is 45.1 Å². The van der Waals surface area contributed by atoms with Gasteiger partial charge in [-0.3, -0.25) is 10.1 Å². The molecule has 7 heteroatoms. The first kappa shape index (κ1) is 18.9. The van der Waals surface area contributed by atoms with E-state index in [1.165, 1.54) is 0 Å². The highest BCUT2D eigenvalue weighted by Crippen LogP contribution is 2.42. The molecule has 0 amide bonds. The van der Waals surface area contributed by atoms with Crippen molar-refractivity contribution in [3.05, 3.63) is 51.0 Å². The highest BCUT2D eigenvalue weighted by atomic mass is 35.5. The van der Waals surface area contributed by atoms with Crippen LogP contribution in [0.3, 0.4) is 0 Å². The standard InChI is InChI=1S/C17H25ClN2O3Si/c1-17(2,3)24(4,5)23-13-7-8-15(20(21)22)14(10-13)12-6-9-16(18)19-11-12/h6-7,9,11,14-15H,8,10H2,1-5H3/t14-,15+/m0/s1. The Balaban J connectivity index is 2.26. The summed E-state index contributed by atoms with van der Waals surface area (Å²) in [4.78, 5) is 15.3. The van der Waals surface area contributed by atoms with Crippen molar-refractivity contribution < 1.29 is 9.35 Å². The number of allylic oxidation sites excluding steroid dienone is 1. The highest BCUT2D eigenvalue weighted by Gasteiger charge is 2.42. The van der Waals surface area contributed by atoms with Gasteiger partial charge in [-0.1, -0.05) is 38.4 Å². The van der Waals surface area contributed by atoms with Crippen LogP contribution in [0.5, 0.6) is 0 Å². The fourth-order valence-corrected chi connectivity index (χ4v) is 3.84. The van der Waals surface area contributed by atoms with Crippen LogP contribution in [0.25, 0.3) is 0 Å². The van der Waals surface area contributed by atoms with Gasteiger partial charge < -0.3 is 4.43 Å². The summed E-state index contributed by atoms with van der Waals surface area (Å²) in [5.41, 5.74) is 0.838. The van der Waals surface area contributed by atoms with E-state index in [9.17, 15) is 10.1 Å². The zero-order valence-corrected chi connectivity index (χ0v) is 16.6. The number of rotatable bonds is 4. The van der Waals surface area contributed by atoms with Crippen molar-refractivity contribution in [3.63, 3.8) is 0 Å². The number of nitro groups is 1. The SMILES string of the molecule is CC(C)(C)[Si](C)(C)OC1=CC[C@@H]([N+](=O)[O-])[C@H](c2ccc(Cl)nc2)C1. The summed E-state index contributed by atoms with van der Waals surface area (Å²) < 4.78 is 6.38. The molecule has 1 aromatic heterocycles. The lowest BCUT2D eigenvalue weighted by molar-refractivity contribution is -0.526. The van der Waals surface area contributed by atoms with Crippen LogP contribution < -0.4 is 0 Å². The smallest absolute Gasteiger partial charge is 0.250 e. The topological polar surface area (TPSA) is 65.3 Å². The third-order valence-electron chi connectivity index (χ3n) is 5.11. The molecular weight excluding hydrogens is 344 g/mol. The molecule has 5 nitrogen and oxygen atoms in total. The van der Waals surface area contributed by atoms with E-state index in [-0.39, 0.29) is 15.9 Å². The maximum atomic E-state index is 11.5. The molecule has 2 rings (SSSR count). The molecule has 0 spiro atoms. The van der Waals surface area contributed by atoms with E-state index in [4.69, 9.17) is 16.0 Å². The summed E-state index contributed by atoms with van der Waals surface area (Å²) in [6, 6.07) is 2.85. The van der Waals surface area contributed by atoms with Crippen molar-refractivity contribution in [2.45, 2.75) is 63.7 Å². The van der Waals surface area contributed by atoms with Gasteiger partial charge in [-0.2, -0.15) is 0 Å². The van der Waals surface area contributed by atoms with Gasteiger partial charge in [0.1, 0.15) is 5.15 Å². The first-order chi connectivity index (χ1) is 11.0. The number of hydrogen-bond acceptors (Lipinski definition) is 4. The molecule has 0 N–H and O–H groups in total. The fraction of sp³-hybridized carbons (Fsp3) is 0.588. The lowest BCUT2D eigenvalue weighted by atomic mass is 9.83. The predicted octanol–water partition coefficient (Wildman–Crippen LogP) is 5.16. The summed E-state index contributed by atoms with van der Waals surface area (Å²) in [6.07, 6.45) is 4.44. The molecule has 1 aromatic rings. The van der Waals surface area contributed by atoms with Gasteiger partial charge in [0.05, 0.1) is 11.7 Å². The normalized spacial score (nSPS) is 22.0. The van der Waals surface area contributed by atoms with Crippen LogP contribution in [-0.2, 0) is 4.43 Å². The maximum absolute atomic E-state index is 11.5. The molecule has 0 unspecified atom stereocenters. The van der Waals surface area contributed by atoms with Crippen molar-refractivity contribution >= 4 is 19.9 Å². The molecule has 1 aliphatic carbocycles. The first-order valence-electron chi connectivity index (χ1n) is 8.14. The Morgan fingerprint density at radius 2 is 2.04 bits per heavy atom. The minimum Gasteiger partial charge on any atom is -0.547 e. The Labute approximate surface area is 149 Å². The second-order valence-electron chi connectivity index (χ2n) is 7.85. The monoisotopic (exact) mass is 368 g/mol. The number of pyridine rings is 1. The van der Waals surface area contributed by atoms with E-state index < -0.39 is 14.4 Å². The molecule has 24 heavy (non-hydrogen) atoms. The molecule has 0 fully saturated rings. The fourth-order valence-electron chi connectivity index (χ4n) is 2.60. The van der Waals surface area contributed by atoms with Crippen molar-refractivity contribution in [1.29, 1.82) is 0 Å². The number of nitrogens with zero attached hydrogens (tertiary/aromatic N) is 2. The van der Waals surface area contributed by atoms with Gasteiger partial charge in [-0.05, 0) is 35.8 Å². The molecule has 132 valence electrons. The van der Waals surface area contributed by atoms with E-state index >= 15 is 0 Å². The van der Waals surface area contributed by atoms with Crippen molar-refractivity contribution in [1.82, 2.24) is 4.98 Å². The zero-order valence-electron chi connectivity index (χ0n) is 14.9. The Morgan fingerprint density at radius 3 is 2.54 bits per heavy atom. The molecule has 0 aliphatic heterocycles. The van der Waals surface area contributed by atoms with E-state index in [0.29, 0.717) is 18.0 Å². The summed E-state index contributed by atoms with van der Waals surface area (Å²) in [5.74, 6) is 0.633. The highest BCUT2D eigenvalue weighted by molar-refractivity contribution is 6.74. The third-order valence-corrected chi connectivity index (χ3v) is 9.72. The lowest BCUT2D eigenvalue weighted by Crippen LogP contribution is -2.41. The van der Waals surface area contributed by atoms with E-state index in [2.05, 4.69) is 38.8 Å². The van der Waals surface area contributed by atoms with Gasteiger partial charge in [0.25, 0.3) is 0 Å². The van der Waals surface area contributed by atoms with E-state index in [0.717, 1.165) is 11.3 Å². The molecule has 0 aromatic carbocycles. The average Bonchev–Trinajstić information content (AvgIpc) is 2.46. The molecule has 2 atom stereocenters. The first-order valence-corrected chi connectivity index (χ1v) is 11.4. The molecule has 0 saturated heterocycles. The van der Waals surface area contributed by atoms with Crippen LogP contribution in [0.2, 0.25) is 23.3 Å². The van der Waals surface area contributed by atoms with Crippen LogP contribution in [0, 0.1) is 10.1 Å². The van der Waals surface area contributed by atoms with Crippen molar-refractivity contribution in [2.75, 3.05) is 0 Å². The lowest BCUT2D eigenvalue weighted by Gasteiger charge is -2.39. The second kappa shape index (κ2) is 6.84. The molecule has 0 bridgehead atoms. The quantitative estimate of drug-likeness (QED) is 0.318. The van der Waals surface area contributed by atoms with E-state index in [1.54, 1.807) is 12.3 Å². The third kappa shape index (κ3) is 4.16. The minimum atomic E-state index is -1.96. The Bertz CT molecular complexity index is 638. The van der Waals surface area contributed by atoms with Gasteiger partial charge >= 0.3 is 0 Å². The van der Waals surface area contributed by atoms with Gasteiger partial charge in [0.15, 0.2) is 0 Å². The summed E-state index contributed by atoms with van der Waals surface area (Å²) in [6.45, 7) is 10.9. The van der Waals surface area contributed by atoms with Crippen molar-refractivity contribution in [2.24, 2.45) is 0 Å². The van der Waals surface area contributed by atoms with Gasteiger partial charge in [-0.15, -0.1) is 0 Å². The Hall–Kier alpha value is -1.40.